The van der Waals surface area contributed by atoms with Crippen LogP contribution in [0, 0.1) is 6.92 Å². The monoisotopic (exact) mass is 528 g/mol. The van der Waals surface area contributed by atoms with Gasteiger partial charge in [-0.05, 0) is 54.4 Å². The number of rotatable bonds is 8. The molecule has 2 aliphatic heterocycles. The summed E-state index contributed by atoms with van der Waals surface area (Å²) < 4.78 is 11.3. The number of phenols is 1. The van der Waals surface area contributed by atoms with Gasteiger partial charge in [0, 0.05) is 31.7 Å². The molecule has 0 unspecified atom stereocenters. The molecule has 202 valence electrons. The van der Waals surface area contributed by atoms with Crippen molar-refractivity contribution in [1.82, 2.24) is 9.80 Å². The molecule has 2 N–H and O–H groups in total. The zero-order chi connectivity index (χ0) is 27.4. The number of ketones is 1. The average Bonchev–Trinajstić information content (AvgIpc) is 3.21. The number of likely N-dealkylation sites (tertiary alicyclic amines) is 1. The van der Waals surface area contributed by atoms with Gasteiger partial charge in [-0.3, -0.25) is 14.5 Å². The van der Waals surface area contributed by atoms with Crippen LogP contribution in [0.1, 0.15) is 28.3 Å². The SMILES string of the molecule is Cc1cccc(COc2ccc(/C(O)=C3\C(=O)C(=O)N(CCN4CCOCC4)[C@@H]3c3ccc(O)cc3)cc2)c1. The highest BCUT2D eigenvalue weighted by molar-refractivity contribution is 6.46. The Labute approximate surface area is 227 Å². The number of nitrogens with zero attached hydrogens (tertiary/aromatic N) is 2. The van der Waals surface area contributed by atoms with Crippen LogP contribution in [-0.4, -0.2) is 71.1 Å². The second kappa shape index (κ2) is 11.7. The second-order valence-corrected chi connectivity index (χ2v) is 9.84. The number of morpholine rings is 1. The number of carbonyl (C=O) groups excluding carboxylic acids is 2. The number of aliphatic hydroxyl groups is 1. The molecule has 1 atom stereocenters. The van der Waals surface area contributed by atoms with Crippen molar-refractivity contribution in [2.24, 2.45) is 0 Å². The maximum absolute atomic E-state index is 13.3. The summed E-state index contributed by atoms with van der Waals surface area (Å²) in [5, 5.41) is 21.1. The van der Waals surface area contributed by atoms with Gasteiger partial charge < -0.3 is 24.6 Å². The van der Waals surface area contributed by atoms with E-state index in [1.807, 2.05) is 25.1 Å². The average molecular weight is 529 g/mol. The fourth-order valence-electron chi connectivity index (χ4n) is 5.02. The Morgan fingerprint density at radius 2 is 1.69 bits per heavy atom. The third kappa shape index (κ3) is 5.97. The predicted octanol–water partition coefficient (Wildman–Crippen LogP) is 4.03. The number of hydrogen-bond donors (Lipinski definition) is 2. The summed E-state index contributed by atoms with van der Waals surface area (Å²) in [7, 11) is 0. The van der Waals surface area contributed by atoms with Crippen molar-refractivity contribution in [3.8, 4) is 11.5 Å². The summed E-state index contributed by atoms with van der Waals surface area (Å²) in [6, 6.07) is 20.5. The van der Waals surface area contributed by atoms with Crippen LogP contribution in [0.2, 0.25) is 0 Å². The van der Waals surface area contributed by atoms with Gasteiger partial charge in [-0.15, -0.1) is 0 Å². The van der Waals surface area contributed by atoms with Crippen LogP contribution in [0.3, 0.4) is 0 Å². The molecule has 0 aliphatic carbocycles. The standard InChI is InChI=1S/C31H32N2O6/c1-21-3-2-4-22(19-21)20-39-26-11-7-24(8-12-26)29(35)27-28(23-5-9-25(34)10-6-23)33(31(37)30(27)36)14-13-32-15-17-38-18-16-32/h2-12,19,28,34-35H,13-18,20H2,1H3/b29-27+/t28-/m1/s1. The molecule has 0 bridgehead atoms. The van der Waals surface area contributed by atoms with Crippen LogP contribution in [0.25, 0.3) is 5.76 Å². The number of aryl methyl sites for hydroxylation is 1. The van der Waals surface area contributed by atoms with Gasteiger partial charge in [0.25, 0.3) is 11.7 Å². The van der Waals surface area contributed by atoms with Crippen LogP contribution < -0.4 is 4.74 Å². The van der Waals surface area contributed by atoms with E-state index in [2.05, 4.69) is 11.0 Å². The van der Waals surface area contributed by atoms with Gasteiger partial charge in [-0.25, -0.2) is 0 Å². The molecule has 2 aliphatic rings. The molecule has 0 spiro atoms. The molecular weight excluding hydrogens is 496 g/mol. The molecule has 0 aromatic heterocycles. The van der Waals surface area contributed by atoms with Crippen molar-refractivity contribution >= 4 is 17.4 Å². The van der Waals surface area contributed by atoms with Crippen LogP contribution in [0.15, 0.2) is 78.4 Å². The van der Waals surface area contributed by atoms with E-state index in [0.717, 1.165) is 24.2 Å². The van der Waals surface area contributed by atoms with E-state index in [4.69, 9.17) is 9.47 Å². The molecule has 2 saturated heterocycles. The maximum atomic E-state index is 13.3. The Morgan fingerprint density at radius 3 is 2.38 bits per heavy atom. The molecule has 2 fully saturated rings. The van der Waals surface area contributed by atoms with Crippen molar-refractivity contribution in [3.63, 3.8) is 0 Å². The summed E-state index contributed by atoms with van der Waals surface area (Å²) in [6.45, 7) is 6.10. The largest absolute Gasteiger partial charge is 0.508 e. The molecule has 3 aromatic rings. The van der Waals surface area contributed by atoms with E-state index in [1.54, 1.807) is 36.4 Å². The topological polar surface area (TPSA) is 99.5 Å². The number of aromatic hydroxyl groups is 1. The van der Waals surface area contributed by atoms with E-state index < -0.39 is 17.7 Å². The summed E-state index contributed by atoms with van der Waals surface area (Å²) in [5.74, 6) is -0.932. The van der Waals surface area contributed by atoms with E-state index in [1.165, 1.54) is 17.0 Å². The lowest BCUT2D eigenvalue weighted by Gasteiger charge is -2.31. The summed E-state index contributed by atoms with van der Waals surface area (Å²) in [6.07, 6.45) is 0. The van der Waals surface area contributed by atoms with Gasteiger partial charge in [0.2, 0.25) is 0 Å². The molecular formula is C31H32N2O6. The highest BCUT2D eigenvalue weighted by atomic mass is 16.5. The number of aliphatic hydroxyl groups excluding tert-OH is 1. The van der Waals surface area contributed by atoms with Crippen molar-refractivity contribution in [1.29, 1.82) is 0 Å². The number of ether oxygens (including phenoxy) is 2. The first kappa shape index (κ1) is 26.5. The van der Waals surface area contributed by atoms with Crippen LogP contribution in [0.5, 0.6) is 11.5 Å². The smallest absolute Gasteiger partial charge is 0.295 e. The second-order valence-electron chi connectivity index (χ2n) is 9.84. The molecule has 8 nitrogen and oxygen atoms in total. The van der Waals surface area contributed by atoms with Gasteiger partial charge in [-0.1, -0.05) is 42.0 Å². The maximum Gasteiger partial charge on any atom is 0.295 e. The third-order valence-electron chi connectivity index (χ3n) is 7.13. The van der Waals surface area contributed by atoms with Gasteiger partial charge >= 0.3 is 0 Å². The Bertz CT molecular complexity index is 1360. The van der Waals surface area contributed by atoms with Crippen molar-refractivity contribution in [2.45, 2.75) is 19.6 Å². The van der Waals surface area contributed by atoms with Crippen molar-refractivity contribution < 1.29 is 29.3 Å². The molecule has 39 heavy (non-hydrogen) atoms. The Kier molecular flexibility index (Phi) is 7.95. The summed E-state index contributed by atoms with van der Waals surface area (Å²) >= 11 is 0. The summed E-state index contributed by atoms with van der Waals surface area (Å²) in [5.41, 5.74) is 3.27. The molecule has 0 radical (unpaired) electrons. The molecule has 5 rings (SSSR count). The van der Waals surface area contributed by atoms with Crippen LogP contribution >= 0.6 is 0 Å². The molecule has 8 heteroatoms. The van der Waals surface area contributed by atoms with Gasteiger partial charge in [0.1, 0.15) is 23.9 Å². The first-order chi connectivity index (χ1) is 18.9. The van der Waals surface area contributed by atoms with Crippen molar-refractivity contribution in [3.05, 3.63) is 101 Å². The van der Waals surface area contributed by atoms with E-state index in [0.29, 0.717) is 49.8 Å². The lowest BCUT2D eigenvalue weighted by atomic mass is 9.95. The summed E-state index contributed by atoms with van der Waals surface area (Å²) in [4.78, 5) is 30.2. The van der Waals surface area contributed by atoms with Crippen LogP contribution in [-0.2, 0) is 20.9 Å². The molecule has 2 heterocycles. The number of Topliss-reactive ketones (excluding diaryl/α,β-unsaturated/α-hetero) is 1. The normalized spacial score (nSPS) is 19.4. The van der Waals surface area contributed by atoms with Crippen LogP contribution in [0.4, 0.5) is 0 Å². The molecule has 0 saturated carbocycles. The first-order valence-corrected chi connectivity index (χ1v) is 13.1. The molecule has 3 aromatic carbocycles. The Morgan fingerprint density at radius 1 is 0.974 bits per heavy atom. The zero-order valence-corrected chi connectivity index (χ0v) is 21.9. The highest BCUT2D eigenvalue weighted by Crippen LogP contribution is 2.39. The zero-order valence-electron chi connectivity index (χ0n) is 21.9. The minimum Gasteiger partial charge on any atom is -0.508 e. The minimum atomic E-state index is -0.774. The number of hydrogen-bond acceptors (Lipinski definition) is 7. The molecule has 1 amide bonds. The number of phenolic OH excluding ortho intramolecular Hbond substituents is 1. The van der Waals surface area contributed by atoms with Gasteiger partial charge in [0.05, 0.1) is 24.8 Å². The van der Waals surface area contributed by atoms with Gasteiger partial charge in [0.15, 0.2) is 0 Å². The fourth-order valence-corrected chi connectivity index (χ4v) is 5.02. The number of carbonyl (C=O) groups is 2. The number of benzene rings is 3. The lowest BCUT2D eigenvalue weighted by molar-refractivity contribution is -0.140. The Hall–Kier alpha value is -4.14. The lowest BCUT2D eigenvalue weighted by Crippen LogP contribution is -2.42. The predicted molar refractivity (Wildman–Crippen MR) is 146 cm³/mol. The minimum absolute atomic E-state index is 0.0288. The Balaban J connectivity index is 1.41. The number of amides is 1. The fraction of sp³-hybridized carbons (Fsp3) is 0.290. The third-order valence-corrected chi connectivity index (χ3v) is 7.13. The van der Waals surface area contributed by atoms with E-state index in [9.17, 15) is 19.8 Å². The highest BCUT2D eigenvalue weighted by Gasteiger charge is 2.46. The van der Waals surface area contributed by atoms with E-state index in [-0.39, 0.29) is 17.1 Å². The van der Waals surface area contributed by atoms with Crippen molar-refractivity contribution in [2.75, 3.05) is 39.4 Å². The van der Waals surface area contributed by atoms with Gasteiger partial charge in [-0.2, -0.15) is 0 Å². The first-order valence-electron chi connectivity index (χ1n) is 13.1. The quantitative estimate of drug-likeness (QED) is 0.259. The van der Waals surface area contributed by atoms with E-state index >= 15 is 0 Å².